The highest BCUT2D eigenvalue weighted by atomic mass is 35.5. The predicted octanol–water partition coefficient (Wildman–Crippen LogP) is 5.89. The van der Waals surface area contributed by atoms with Crippen LogP contribution in [0, 0.1) is 0 Å². The van der Waals surface area contributed by atoms with Crippen LogP contribution in [0.3, 0.4) is 0 Å². The Bertz CT molecular complexity index is 1010. The van der Waals surface area contributed by atoms with E-state index < -0.39 is 0 Å². The minimum Gasteiger partial charge on any atom is -0.467 e. The van der Waals surface area contributed by atoms with Gasteiger partial charge in [-0.25, -0.2) is 4.98 Å². The fraction of sp³-hybridized carbons (Fsp3) is 0.143. The summed E-state index contributed by atoms with van der Waals surface area (Å²) in [5, 5.41) is 5.42. The van der Waals surface area contributed by atoms with Gasteiger partial charge in [0.15, 0.2) is 0 Å². The number of nitrogens with zero attached hydrogens (tertiary/aromatic N) is 2. The van der Waals surface area contributed by atoms with Crippen LogP contribution in [0.1, 0.15) is 16.3 Å². The van der Waals surface area contributed by atoms with Crippen LogP contribution in [0.5, 0.6) is 0 Å². The second-order valence-corrected chi connectivity index (χ2v) is 8.51. The zero-order valence-electron chi connectivity index (χ0n) is 14.9. The molecule has 1 aromatic carbocycles. The first kappa shape index (κ1) is 18.9. The molecule has 0 radical (unpaired) electrons. The quantitative estimate of drug-likeness (QED) is 0.368. The Morgan fingerprint density at radius 3 is 2.71 bits per heavy atom. The Morgan fingerprint density at radius 1 is 1.07 bits per heavy atom. The smallest absolute Gasteiger partial charge is 0.229 e. The molecule has 0 N–H and O–H groups in total. The average Bonchev–Trinajstić information content (AvgIpc) is 3.45. The predicted molar refractivity (Wildman–Crippen MR) is 114 cm³/mol. The molecule has 4 nitrogen and oxygen atoms in total. The summed E-state index contributed by atoms with van der Waals surface area (Å²) in [6.07, 6.45) is 1.87. The molecule has 4 rings (SSSR count). The van der Waals surface area contributed by atoms with Crippen molar-refractivity contribution in [1.82, 2.24) is 9.88 Å². The fourth-order valence-corrected chi connectivity index (χ4v) is 4.69. The number of amides is 1. The second-order valence-electron chi connectivity index (χ2n) is 6.21. The Hall–Kier alpha value is -2.41. The van der Waals surface area contributed by atoms with Gasteiger partial charge in [0.05, 0.1) is 36.5 Å². The molecule has 0 unspecified atom stereocenters. The number of hydrogen-bond donors (Lipinski definition) is 0. The van der Waals surface area contributed by atoms with Gasteiger partial charge >= 0.3 is 0 Å². The molecule has 142 valence electrons. The molecule has 0 fully saturated rings. The second kappa shape index (κ2) is 8.73. The lowest BCUT2D eigenvalue weighted by atomic mass is 10.2. The molecule has 1 amide bonds. The lowest BCUT2D eigenvalue weighted by Gasteiger charge is -2.20. The molecular formula is C21H17ClN2O2S2. The zero-order valence-corrected chi connectivity index (χ0v) is 17.3. The molecule has 0 atom stereocenters. The lowest BCUT2D eigenvalue weighted by molar-refractivity contribution is -0.132. The standard InChI is InChI=1S/C21H17ClN2O2S2/c22-19-8-2-1-7-18(19)21-23-15(14-28-21)11-20(25)24(12-16-5-3-9-26-16)13-17-6-4-10-27-17/h1-10,14H,11-13H2. The summed E-state index contributed by atoms with van der Waals surface area (Å²) >= 11 is 9.40. The Labute approximate surface area is 176 Å². The van der Waals surface area contributed by atoms with Gasteiger partial charge in [0.2, 0.25) is 5.91 Å². The van der Waals surface area contributed by atoms with Crippen LogP contribution >= 0.6 is 34.3 Å². The molecule has 0 saturated heterocycles. The van der Waals surface area contributed by atoms with Crippen LogP contribution in [0.4, 0.5) is 0 Å². The number of rotatable bonds is 7. The maximum absolute atomic E-state index is 13.0. The number of thiazole rings is 1. The first-order valence-electron chi connectivity index (χ1n) is 8.71. The van der Waals surface area contributed by atoms with Gasteiger partial charge in [0.1, 0.15) is 10.8 Å². The number of aromatic nitrogens is 1. The van der Waals surface area contributed by atoms with Gasteiger partial charge in [-0.05, 0) is 29.6 Å². The average molecular weight is 429 g/mol. The van der Waals surface area contributed by atoms with Gasteiger partial charge in [-0.3, -0.25) is 4.79 Å². The van der Waals surface area contributed by atoms with Crippen LogP contribution < -0.4 is 0 Å². The first-order chi connectivity index (χ1) is 13.7. The van der Waals surface area contributed by atoms with Crippen molar-refractivity contribution in [2.75, 3.05) is 0 Å². The number of carbonyl (C=O) groups is 1. The summed E-state index contributed by atoms with van der Waals surface area (Å²) in [4.78, 5) is 20.6. The van der Waals surface area contributed by atoms with Crippen molar-refractivity contribution in [3.05, 3.63) is 86.9 Å². The topological polar surface area (TPSA) is 46.3 Å². The molecule has 0 aliphatic heterocycles. The van der Waals surface area contributed by atoms with E-state index in [2.05, 4.69) is 4.98 Å². The number of benzene rings is 1. The molecule has 0 bridgehead atoms. The van der Waals surface area contributed by atoms with E-state index in [1.165, 1.54) is 11.3 Å². The Kier molecular flexibility index (Phi) is 5.90. The maximum atomic E-state index is 13.0. The minimum atomic E-state index is 0.0146. The molecular weight excluding hydrogens is 412 g/mol. The van der Waals surface area contributed by atoms with Crippen molar-refractivity contribution < 1.29 is 9.21 Å². The summed E-state index contributed by atoms with van der Waals surface area (Å²) in [5.41, 5.74) is 1.64. The molecule has 0 saturated carbocycles. The van der Waals surface area contributed by atoms with Crippen molar-refractivity contribution >= 4 is 40.2 Å². The van der Waals surface area contributed by atoms with E-state index in [-0.39, 0.29) is 12.3 Å². The third-order valence-corrected chi connectivity index (χ3v) is 6.31. The maximum Gasteiger partial charge on any atom is 0.229 e. The van der Waals surface area contributed by atoms with E-state index in [4.69, 9.17) is 16.0 Å². The van der Waals surface area contributed by atoms with Crippen LogP contribution in [0.15, 0.2) is 70.0 Å². The SMILES string of the molecule is O=C(Cc1csc(-c2ccccc2Cl)n1)N(Cc1ccco1)Cc1cccs1. The van der Waals surface area contributed by atoms with Crippen LogP contribution in [0.25, 0.3) is 10.6 Å². The third kappa shape index (κ3) is 4.52. The normalized spacial score (nSPS) is 10.9. The summed E-state index contributed by atoms with van der Waals surface area (Å²) < 4.78 is 5.44. The fourth-order valence-electron chi connectivity index (χ4n) is 2.83. The van der Waals surface area contributed by atoms with Gasteiger partial charge in [0, 0.05) is 15.8 Å². The van der Waals surface area contributed by atoms with E-state index in [0.717, 1.165) is 26.9 Å². The van der Waals surface area contributed by atoms with E-state index >= 15 is 0 Å². The molecule has 3 aromatic heterocycles. The number of hydrogen-bond acceptors (Lipinski definition) is 5. The molecule has 3 heterocycles. The van der Waals surface area contributed by atoms with E-state index in [1.54, 1.807) is 22.5 Å². The largest absolute Gasteiger partial charge is 0.467 e. The number of halogens is 1. The van der Waals surface area contributed by atoms with Gasteiger partial charge in [-0.15, -0.1) is 22.7 Å². The van der Waals surface area contributed by atoms with Gasteiger partial charge in [-0.2, -0.15) is 0 Å². The van der Waals surface area contributed by atoms with Crippen molar-refractivity contribution in [1.29, 1.82) is 0 Å². The van der Waals surface area contributed by atoms with Gasteiger partial charge in [-0.1, -0.05) is 35.9 Å². The summed E-state index contributed by atoms with van der Waals surface area (Å²) in [7, 11) is 0. The molecule has 0 aliphatic rings. The van der Waals surface area contributed by atoms with E-state index in [0.29, 0.717) is 18.1 Å². The molecule has 0 spiro atoms. The van der Waals surface area contributed by atoms with Crippen LogP contribution in [-0.2, 0) is 24.3 Å². The van der Waals surface area contributed by atoms with Crippen molar-refractivity contribution in [3.8, 4) is 10.6 Å². The summed E-state index contributed by atoms with van der Waals surface area (Å²) in [5.74, 6) is 0.778. The highest BCUT2D eigenvalue weighted by Gasteiger charge is 2.19. The summed E-state index contributed by atoms with van der Waals surface area (Å²) in [6, 6.07) is 15.3. The van der Waals surface area contributed by atoms with Crippen LogP contribution in [0.2, 0.25) is 5.02 Å². The third-order valence-electron chi connectivity index (χ3n) is 4.19. The van der Waals surface area contributed by atoms with E-state index in [9.17, 15) is 4.79 Å². The van der Waals surface area contributed by atoms with Gasteiger partial charge < -0.3 is 9.32 Å². The van der Waals surface area contributed by atoms with E-state index in [1.807, 2.05) is 59.3 Å². The number of carbonyl (C=O) groups excluding carboxylic acids is 1. The molecule has 4 aromatic rings. The highest BCUT2D eigenvalue weighted by molar-refractivity contribution is 7.13. The minimum absolute atomic E-state index is 0.0146. The monoisotopic (exact) mass is 428 g/mol. The van der Waals surface area contributed by atoms with Crippen molar-refractivity contribution in [2.24, 2.45) is 0 Å². The molecule has 0 aliphatic carbocycles. The Morgan fingerprint density at radius 2 is 1.96 bits per heavy atom. The van der Waals surface area contributed by atoms with Crippen molar-refractivity contribution in [2.45, 2.75) is 19.5 Å². The highest BCUT2D eigenvalue weighted by Crippen LogP contribution is 2.30. The number of furan rings is 1. The Balaban J connectivity index is 1.50. The molecule has 7 heteroatoms. The first-order valence-corrected chi connectivity index (χ1v) is 10.8. The number of thiophene rings is 1. The van der Waals surface area contributed by atoms with Crippen LogP contribution in [-0.4, -0.2) is 15.8 Å². The van der Waals surface area contributed by atoms with Crippen molar-refractivity contribution in [3.63, 3.8) is 0 Å². The zero-order chi connectivity index (χ0) is 19.3. The molecule has 28 heavy (non-hydrogen) atoms. The lowest BCUT2D eigenvalue weighted by Crippen LogP contribution is -2.31. The summed E-state index contributed by atoms with van der Waals surface area (Å²) in [6.45, 7) is 0.990. The van der Waals surface area contributed by atoms with Gasteiger partial charge in [0.25, 0.3) is 0 Å².